The van der Waals surface area contributed by atoms with E-state index in [-0.39, 0.29) is 0 Å². The van der Waals surface area contributed by atoms with Crippen LogP contribution >= 0.6 is 11.8 Å². The Morgan fingerprint density at radius 1 is 1.35 bits per heavy atom. The van der Waals surface area contributed by atoms with Crippen LogP contribution in [-0.4, -0.2) is 29.3 Å². The number of thioether (sulfide) groups is 1. The van der Waals surface area contributed by atoms with Crippen molar-refractivity contribution >= 4 is 23.4 Å². The van der Waals surface area contributed by atoms with Crippen molar-refractivity contribution in [2.45, 2.75) is 19.0 Å². The fourth-order valence-electron chi connectivity index (χ4n) is 2.06. The molecule has 0 spiro atoms. The molecule has 0 aliphatic carbocycles. The molecule has 1 saturated heterocycles. The first-order chi connectivity index (χ1) is 8.13. The van der Waals surface area contributed by atoms with Gasteiger partial charge in [-0.2, -0.15) is 0 Å². The average Bonchev–Trinajstić information content (AvgIpc) is 2.69. The lowest BCUT2D eigenvalue weighted by atomic mass is 10.0. The van der Waals surface area contributed by atoms with Crippen LogP contribution in [0.1, 0.15) is 13.8 Å². The lowest BCUT2D eigenvalue weighted by Crippen LogP contribution is -2.22. The Morgan fingerprint density at radius 2 is 2.00 bits per heavy atom. The molecule has 1 aromatic heterocycles. The van der Waals surface area contributed by atoms with Crippen LogP contribution in [0.25, 0.3) is 0 Å². The van der Waals surface area contributed by atoms with E-state index in [2.05, 4.69) is 34.1 Å². The molecule has 0 bridgehead atoms. The number of nitrogen functional groups attached to an aromatic ring is 1. The van der Waals surface area contributed by atoms with Gasteiger partial charge in [-0.1, -0.05) is 25.6 Å². The zero-order valence-corrected chi connectivity index (χ0v) is 11.3. The number of nitrogens with two attached hydrogens (primary N) is 1. The fourth-order valence-corrected chi connectivity index (χ4v) is 2.43. The number of hydrogen-bond donors (Lipinski definition) is 2. The van der Waals surface area contributed by atoms with Gasteiger partial charge >= 0.3 is 0 Å². The largest absolute Gasteiger partial charge is 0.356 e. The van der Waals surface area contributed by atoms with Crippen molar-refractivity contribution in [3.63, 3.8) is 0 Å². The molecule has 0 amide bonds. The summed E-state index contributed by atoms with van der Waals surface area (Å²) in [6.07, 6.45) is 1.97. The molecule has 0 radical (unpaired) electrons. The molecule has 2 rings (SSSR count). The number of hydrazine groups is 1. The molecule has 94 valence electrons. The monoisotopic (exact) mass is 253 g/mol. The van der Waals surface area contributed by atoms with E-state index in [4.69, 9.17) is 5.84 Å². The highest BCUT2D eigenvalue weighted by atomic mass is 32.2. The van der Waals surface area contributed by atoms with E-state index in [0.717, 1.165) is 24.1 Å². The number of rotatable bonds is 3. The van der Waals surface area contributed by atoms with E-state index in [9.17, 15) is 0 Å². The number of anilines is 2. The summed E-state index contributed by atoms with van der Waals surface area (Å²) in [4.78, 5) is 11.1. The summed E-state index contributed by atoms with van der Waals surface area (Å²) in [6, 6.07) is 1.91. The lowest BCUT2D eigenvalue weighted by molar-refractivity contribution is 0.494. The van der Waals surface area contributed by atoms with Crippen molar-refractivity contribution < 1.29 is 0 Å². The first kappa shape index (κ1) is 12.4. The van der Waals surface area contributed by atoms with Gasteiger partial charge < -0.3 is 10.3 Å². The topological polar surface area (TPSA) is 67.1 Å². The van der Waals surface area contributed by atoms with Gasteiger partial charge in [-0.3, -0.25) is 0 Å². The van der Waals surface area contributed by atoms with Gasteiger partial charge in [0.1, 0.15) is 11.6 Å². The predicted octanol–water partition coefficient (Wildman–Crippen LogP) is 1.58. The summed E-state index contributed by atoms with van der Waals surface area (Å²) in [5.74, 6) is 8.48. The van der Waals surface area contributed by atoms with E-state index in [1.807, 2.05) is 12.3 Å². The van der Waals surface area contributed by atoms with E-state index in [0.29, 0.717) is 17.7 Å². The average molecular weight is 253 g/mol. The Hall–Kier alpha value is -1.01. The first-order valence-corrected chi connectivity index (χ1v) is 7.01. The molecule has 5 nitrogen and oxygen atoms in total. The normalized spacial score (nSPS) is 24.1. The number of aromatic nitrogens is 2. The van der Waals surface area contributed by atoms with E-state index in [1.54, 1.807) is 0 Å². The second-order valence-corrected chi connectivity index (χ2v) is 5.38. The highest BCUT2D eigenvalue weighted by Gasteiger charge is 2.27. The van der Waals surface area contributed by atoms with Crippen LogP contribution in [0.15, 0.2) is 11.2 Å². The van der Waals surface area contributed by atoms with Crippen molar-refractivity contribution in [2.24, 2.45) is 17.7 Å². The number of nitrogens with one attached hydrogen (secondary N) is 1. The molecule has 1 fully saturated rings. The number of hydrogen-bond acceptors (Lipinski definition) is 6. The molecule has 2 unspecified atom stereocenters. The summed E-state index contributed by atoms with van der Waals surface area (Å²) in [5, 5.41) is 0.752. The fraction of sp³-hybridized carbons (Fsp3) is 0.636. The minimum atomic E-state index is 0.673. The number of nitrogens with zero attached hydrogens (tertiary/aromatic N) is 3. The highest BCUT2D eigenvalue weighted by molar-refractivity contribution is 7.98. The third kappa shape index (κ3) is 2.63. The van der Waals surface area contributed by atoms with Crippen LogP contribution in [-0.2, 0) is 0 Å². The van der Waals surface area contributed by atoms with Crippen LogP contribution in [0, 0.1) is 11.8 Å². The second kappa shape index (κ2) is 5.10. The molecular weight excluding hydrogens is 234 g/mol. The molecule has 2 heterocycles. The van der Waals surface area contributed by atoms with Gasteiger partial charge in [0.15, 0.2) is 5.16 Å². The molecule has 1 aliphatic rings. The van der Waals surface area contributed by atoms with Gasteiger partial charge in [-0.25, -0.2) is 15.8 Å². The summed E-state index contributed by atoms with van der Waals surface area (Å²) >= 11 is 1.53. The molecule has 2 atom stereocenters. The third-order valence-electron chi connectivity index (χ3n) is 3.33. The van der Waals surface area contributed by atoms with Crippen molar-refractivity contribution in [1.29, 1.82) is 0 Å². The maximum Gasteiger partial charge on any atom is 0.191 e. The van der Waals surface area contributed by atoms with Crippen molar-refractivity contribution in [2.75, 3.05) is 29.7 Å². The standard InChI is InChI=1S/C11H19N5S/c1-7-5-16(6-8(7)2)10-4-9(15-12)13-11(14-10)17-3/h4,7-8H,5-6,12H2,1-3H3,(H,13,14,15). The molecule has 3 N–H and O–H groups in total. The van der Waals surface area contributed by atoms with Crippen LogP contribution in [0.5, 0.6) is 0 Å². The Bertz CT molecular complexity index is 365. The summed E-state index contributed by atoms with van der Waals surface area (Å²) in [6.45, 7) is 6.67. The van der Waals surface area contributed by atoms with Crippen LogP contribution in [0.2, 0.25) is 0 Å². The third-order valence-corrected chi connectivity index (χ3v) is 3.88. The maximum atomic E-state index is 5.43. The van der Waals surface area contributed by atoms with Gasteiger partial charge in [0.05, 0.1) is 0 Å². The molecule has 0 aromatic carbocycles. The van der Waals surface area contributed by atoms with Gasteiger partial charge in [0.25, 0.3) is 0 Å². The van der Waals surface area contributed by atoms with Crippen LogP contribution in [0.4, 0.5) is 11.6 Å². The Labute approximate surface area is 106 Å². The molecular formula is C11H19N5S. The first-order valence-electron chi connectivity index (χ1n) is 5.78. The minimum absolute atomic E-state index is 0.673. The molecule has 0 saturated carbocycles. The van der Waals surface area contributed by atoms with E-state index >= 15 is 0 Å². The summed E-state index contributed by atoms with van der Waals surface area (Å²) in [7, 11) is 0. The highest BCUT2D eigenvalue weighted by Crippen LogP contribution is 2.28. The van der Waals surface area contributed by atoms with Gasteiger partial charge in [-0.15, -0.1) is 0 Å². The molecule has 6 heteroatoms. The summed E-state index contributed by atoms with van der Waals surface area (Å²) in [5.41, 5.74) is 2.60. The quantitative estimate of drug-likeness (QED) is 0.369. The zero-order chi connectivity index (χ0) is 12.4. The van der Waals surface area contributed by atoms with Crippen molar-refractivity contribution in [3.8, 4) is 0 Å². The zero-order valence-electron chi connectivity index (χ0n) is 10.5. The van der Waals surface area contributed by atoms with Crippen molar-refractivity contribution in [3.05, 3.63) is 6.07 Å². The van der Waals surface area contributed by atoms with Gasteiger partial charge in [-0.05, 0) is 18.1 Å². The lowest BCUT2D eigenvalue weighted by Gasteiger charge is -2.18. The van der Waals surface area contributed by atoms with E-state index in [1.165, 1.54) is 11.8 Å². The minimum Gasteiger partial charge on any atom is -0.356 e. The van der Waals surface area contributed by atoms with Gasteiger partial charge in [0.2, 0.25) is 0 Å². The maximum absolute atomic E-state index is 5.43. The molecule has 17 heavy (non-hydrogen) atoms. The van der Waals surface area contributed by atoms with Crippen LogP contribution < -0.4 is 16.2 Å². The SMILES string of the molecule is CSc1nc(NN)cc(N2CC(C)C(C)C2)n1. The second-order valence-electron chi connectivity index (χ2n) is 4.60. The van der Waals surface area contributed by atoms with Crippen molar-refractivity contribution in [1.82, 2.24) is 9.97 Å². The Kier molecular flexibility index (Phi) is 3.73. The predicted molar refractivity (Wildman–Crippen MR) is 72.2 cm³/mol. The summed E-state index contributed by atoms with van der Waals surface area (Å²) < 4.78 is 0. The molecule has 1 aromatic rings. The molecule has 1 aliphatic heterocycles. The smallest absolute Gasteiger partial charge is 0.191 e. The van der Waals surface area contributed by atoms with E-state index < -0.39 is 0 Å². The van der Waals surface area contributed by atoms with Crippen LogP contribution in [0.3, 0.4) is 0 Å². The Morgan fingerprint density at radius 3 is 2.53 bits per heavy atom. The Balaban J connectivity index is 2.26. The van der Waals surface area contributed by atoms with Gasteiger partial charge in [0, 0.05) is 19.2 Å².